The van der Waals surface area contributed by atoms with Crippen molar-refractivity contribution in [1.29, 1.82) is 5.26 Å². The molecule has 0 N–H and O–H groups in total. The van der Waals surface area contributed by atoms with Crippen LogP contribution in [-0.4, -0.2) is 41.6 Å². The predicted molar refractivity (Wildman–Crippen MR) is 105 cm³/mol. The van der Waals surface area contributed by atoms with E-state index in [0.29, 0.717) is 37.9 Å². The third-order valence-electron chi connectivity index (χ3n) is 6.22. The van der Waals surface area contributed by atoms with Gasteiger partial charge in [0.05, 0.1) is 11.6 Å². The number of nitrogens with zero attached hydrogens (tertiary/aromatic N) is 3. The van der Waals surface area contributed by atoms with Crippen LogP contribution in [0.4, 0.5) is 8.78 Å². The molecular weight excluding hydrogens is 372 g/mol. The lowest BCUT2D eigenvalue weighted by Crippen LogP contribution is -2.61. The maximum absolute atomic E-state index is 14.3. The first-order valence-electron chi connectivity index (χ1n) is 10.0. The van der Waals surface area contributed by atoms with Gasteiger partial charge in [0.1, 0.15) is 12.7 Å². The van der Waals surface area contributed by atoms with Gasteiger partial charge in [0.2, 0.25) is 0 Å². The van der Waals surface area contributed by atoms with Gasteiger partial charge >= 0.3 is 0 Å². The molecule has 0 spiro atoms. The van der Waals surface area contributed by atoms with E-state index in [0.717, 1.165) is 23.4 Å². The minimum absolute atomic E-state index is 0.474. The first kappa shape index (κ1) is 19.9. The van der Waals surface area contributed by atoms with E-state index >= 15 is 0 Å². The Labute approximate surface area is 170 Å². The van der Waals surface area contributed by atoms with Crippen molar-refractivity contribution in [3.63, 3.8) is 0 Å². The van der Waals surface area contributed by atoms with E-state index in [4.69, 9.17) is 10.00 Å². The highest BCUT2D eigenvalue weighted by Crippen LogP contribution is 2.50. The molecule has 4 nitrogen and oxygen atoms in total. The molecule has 2 saturated heterocycles. The molecule has 3 heterocycles. The van der Waals surface area contributed by atoms with Crippen molar-refractivity contribution in [2.75, 3.05) is 19.7 Å². The van der Waals surface area contributed by atoms with Crippen LogP contribution in [0.1, 0.15) is 35.2 Å². The van der Waals surface area contributed by atoms with E-state index in [1.54, 1.807) is 12.1 Å². The number of hydrogen-bond acceptors (Lipinski definition) is 4. The highest BCUT2D eigenvalue weighted by atomic mass is 19.3. The Morgan fingerprint density at radius 3 is 2.55 bits per heavy atom. The molecule has 1 aromatic heterocycles. The predicted octanol–water partition coefficient (Wildman–Crippen LogP) is 4.12. The zero-order valence-corrected chi connectivity index (χ0v) is 16.6. The SMILES string of the molecule is Cc1ccc(CN2CC[C@@](CCc3ccc(C#N)cc3)(C3OCC3(F)F)C2)cn1. The Morgan fingerprint density at radius 2 is 1.97 bits per heavy atom. The van der Waals surface area contributed by atoms with Crippen LogP contribution in [0.25, 0.3) is 0 Å². The first-order valence-corrected chi connectivity index (χ1v) is 10.0. The van der Waals surface area contributed by atoms with E-state index in [2.05, 4.69) is 16.0 Å². The van der Waals surface area contributed by atoms with E-state index in [-0.39, 0.29) is 0 Å². The number of pyridine rings is 1. The molecule has 2 aromatic rings. The molecule has 152 valence electrons. The van der Waals surface area contributed by atoms with E-state index < -0.39 is 24.0 Å². The second kappa shape index (κ2) is 7.81. The van der Waals surface area contributed by atoms with Crippen LogP contribution in [0.3, 0.4) is 0 Å². The Morgan fingerprint density at radius 1 is 1.21 bits per heavy atom. The normalized spacial score (nSPS) is 26.1. The van der Waals surface area contributed by atoms with Crippen molar-refractivity contribution < 1.29 is 13.5 Å². The van der Waals surface area contributed by atoms with Crippen molar-refractivity contribution in [3.8, 4) is 6.07 Å². The maximum Gasteiger partial charge on any atom is 0.297 e. The molecule has 6 heteroatoms. The zero-order chi connectivity index (χ0) is 20.5. The fraction of sp³-hybridized carbons (Fsp3) is 0.478. The minimum Gasteiger partial charge on any atom is -0.365 e. The van der Waals surface area contributed by atoms with Gasteiger partial charge < -0.3 is 4.74 Å². The number of alkyl halides is 2. The van der Waals surface area contributed by atoms with Gasteiger partial charge in [0.25, 0.3) is 5.92 Å². The Bertz CT molecular complexity index is 892. The third-order valence-corrected chi connectivity index (χ3v) is 6.22. The molecule has 1 unspecified atom stereocenters. The average Bonchev–Trinajstić information content (AvgIpc) is 3.11. The molecule has 0 aliphatic carbocycles. The Kier molecular flexibility index (Phi) is 5.37. The van der Waals surface area contributed by atoms with Crippen LogP contribution in [0.2, 0.25) is 0 Å². The highest BCUT2D eigenvalue weighted by molar-refractivity contribution is 5.31. The second-order valence-electron chi connectivity index (χ2n) is 8.39. The van der Waals surface area contributed by atoms with Gasteiger partial charge in [-0.1, -0.05) is 18.2 Å². The molecule has 0 saturated carbocycles. The molecule has 1 aromatic carbocycles. The summed E-state index contributed by atoms with van der Waals surface area (Å²) in [5, 5.41) is 8.95. The smallest absolute Gasteiger partial charge is 0.297 e. The number of rotatable bonds is 6. The van der Waals surface area contributed by atoms with Gasteiger partial charge in [0, 0.05) is 30.4 Å². The first-order chi connectivity index (χ1) is 13.9. The lowest BCUT2D eigenvalue weighted by Gasteiger charge is -2.48. The Balaban J connectivity index is 1.48. The van der Waals surface area contributed by atoms with Gasteiger partial charge in [-0.05, 0) is 62.1 Å². The number of ether oxygens (including phenoxy) is 1. The highest BCUT2D eigenvalue weighted by Gasteiger charge is 2.61. The molecule has 2 aliphatic heterocycles. The molecule has 0 bridgehead atoms. The number of hydrogen-bond donors (Lipinski definition) is 0. The molecule has 29 heavy (non-hydrogen) atoms. The molecule has 0 radical (unpaired) electrons. The summed E-state index contributed by atoms with van der Waals surface area (Å²) in [7, 11) is 0. The number of benzene rings is 1. The molecule has 0 amide bonds. The minimum atomic E-state index is -2.76. The van der Waals surface area contributed by atoms with Gasteiger partial charge in [0.15, 0.2) is 0 Å². The molecular formula is C23H25F2N3O. The summed E-state index contributed by atoms with van der Waals surface area (Å²) < 4.78 is 34.1. The molecule has 2 atom stereocenters. The lowest BCUT2D eigenvalue weighted by molar-refractivity contribution is -0.301. The van der Waals surface area contributed by atoms with Crippen molar-refractivity contribution in [2.45, 2.75) is 44.8 Å². The largest absolute Gasteiger partial charge is 0.365 e. The summed E-state index contributed by atoms with van der Waals surface area (Å²) in [6.45, 7) is 3.56. The van der Waals surface area contributed by atoms with Gasteiger partial charge in [-0.25, -0.2) is 8.78 Å². The lowest BCUT2D eigenvalue weighted by atomic mass is 9.72. The number of nitriles is 1. The zero-order valence-electron chi connectivity index (χ0n) is 16.6. The average molecular weight is 397 g/mol. The number of halogens is 2. The van der Waals surface area contributed by atoms with E-state index in [1.165, 1.54) is 0 Å². The number of aryl methyl sites for hydroxylation is 2. The van der Waals surface area contributed by atoms with Crippen LogP contribution < -0.4 is 0 Å². The van der Waals surface area contributed by atoms with Gasteiger partial charge in [-0.15, -0.1) is 0 Å². The van der Waals surface area contributed by atoms with Crippen LogP contribution in [0, 0.1) is 23.7 Å². The summed E-state index contributed by atoms with van der Waals surface area (Å²) in [5.74, 6) is -2.76. The van der Waals surface area contributed by atoms with Crippen molar-refractivity contribution in [1.82, 2.24) is 9.88 Å². The fourth-order valence-corrected chi connectivity index (χ4v) is 4.58. The number of aromatic nitrogens is 1. The summed E-state index contributed by atoms with van der Waals surface area (Å²) >= 11 is 0. The van der Waals surface area contributed by atoms with Crippen molar-refractivity contribution >= 4 is 0 Å². The van der Waals surface area contributed by atoms with Crippen LogP contribution in [0.5, 0.6) is 0 Å². The van der Waals surface area contributed by atoms with Gasteiger partial charge in [-0.3, -0.25) is 9.88 Å². The summed E-state index contributed by atoms with van der Waals surface area (Å²) in [6.07, 6.45) is 2.88. The summed E-state index contributed by atoms with van der Waals surface area (Å²) in [4.78, 5) is 6.58. The van der Waals surface area contributed by atoms with Crippen LogP contribution >= 0.6 is 0 Å². The van der Waals surface area contributed by atoms with E-state index in [1.807, 2.05) is 37.4 Å². The molecule has 2 aliphatic rings. The Hall–Kier alpha value is -2.36. The third kappa shape index (κ3) is 4.17. The van der Waals surface area contributed by atoms with Crippen molar-refractivity contribution in [2.24, 2.45) is 5.41 Å². The topological polar surface area (TPSA) is 49.2 Å². The van der Waals surface area contributed by atoms with Crippen LogP contribution in [0.15, 0.2) is 42.6 Å². The molecule has 4 rings (SSSR count). The van der Waals surface area contributed by atoms with Gasteiger partial charge in [-0.2, -0.15) is 5.26 Å². The number of likely N-dealkylation sites (tertiary alicyclic amines) is 1. The standard InChI is InChI=1S/C23H25F2N3O/c1-17-2-3-20(13-27-17)14-28-11-10-22(15-28,21-23(24,25)16-29-21)9-8-18-4-6-19(12-26)7-5-18/h2-7,13,21H,8-11,14-16H2,1H3/t21?,22-/m1/s1. The monoisotopic (exact) mass is 397 g/mol. The second-order valence-corrected chi connectivity index (χ2v) is 8.39. The van der Waals surface area contributed by atoms with Crippen LogP contribution in [-0.2, 0) is 17.7 Å². The summed E-state index contributed by atoms with van der Waals surface area (Å²) in [5.41, 5.74) is 3.17. The maximum atomic E-state index is 14.3. The fourth-order valence-electron chi connectivity index (χ4n) is 4.58. The van der Waals surface area contributed by atoms with E-state index in [9.17, 15) is 8.78 Å². The molecule has 2 fully saturated rings. The van der Waals surface area contributed by atoms with Crippen molar-refractivity contribution in [3.05, 3.63) is 65.0 Å². The quantitative estimate of drug-likeness (QED) is 0.736. The summed E-state index contributed by atoms with van der Waals surface area (Å²) in [6, 6.07) is 13.5.